The number of piperazine rings is 1. The minimum absolute atomic E-state index is 0.117. The van der Waals surface area contributed by atoms with Gasteiger partial charge in [0.1, 0.15) is 6.61 Å². The molecule has 1 atom stereocenters. The van der Waals surface area contributed by atoms with Crippen LogP contribution in [0.25, 0.3) is 0 Å². The van der Waals surface area contributed by atoms with Crippen LogP contribution in [0.2, 0.25) is 0 Å². The molecule has 1 saturated heterocycles. The molecule has 1 aliphatic heterocycles. The van der Waals surface area contributed by atoms with Crippen LogP contribution in [0.15, 0.2) is 0 Å². The first-order chi connectivity index (χ1) is 12.3. The van der Waals surface area contributed by atoms with Gasteiger partial charge >= 0.3 is 6.18 Å². The van der Waals surface area contributed by atoms with Gasteiger partial charge in [0.15, 0.2) is 0 Å². The van der Waals surface area contributed by atoms with E-state index >= 15 is 0 Å². The summed E-state index contributed by atoms with van der Waals surface area (Å²) in [5, 5.41) is 3.18. The Morgan fingerprint density at radius 1 is 1.15 bits per heavy atom. The van der Waals surface area contributed by atoms with E-state index in [0.29, 0.717) is 12.5 Å². The molecular formula is C18H32F3N3O2. The highest BCUT2D eigenvalue weighted by molar-refractivity contribution is 5.81. The quantitative estimate of drug-likeness (QED) is 0.658. The fourth-order valence-electron chi connectivity index (χ4n) is 3.69. The summed E-state index contributed by atoms with van der Waals surface area (Å²) >= 11 is 0. The zero-order chi connectivity index (χ0) is 19.0. The lowest BCUT2D eigenvalue weighted by molar-refractivity contribution is -0.174. The van der Waals surface area contributed by atoms with Crippen molar-refractivity contribution in [1.29, 1.82) is 0 Å². The molecule has 2 rings (SSSR count). The summed E-state index contributed by atoms with van der Waals surface area (Å²) in [7, 11) is 0. The van der Waals surface area contributed by atoms with Crippen molar-refractivity contribution in [2.45, 2.75) is 63.7 Å². The fourth-order valence-corrected chi connectivity index (χ4v) is 3.69. The zero-order valence-electron chi connectivity index (χ0n) is 15.7. The summed E-state index contributed by atoms with van der Waals surface area (Å²) in [6, 6.07) is 0.200. The summed E-state index contributed by atoms with van der Waals surface area (Å²) in [6.45, 7) is 4.92. The molecule has 1 aliphatic carbocycles. The molecule has 0 bridgehead atoms. The van der Waals surface area contributed by atoms with Crippen molar-refractivity contribution >= 4 is 5.91 Å². The maximum atomic E-state index is 12.4. The molecule has 152 valence electrons. The number of nitrogens with zero attached hydrogens (tertiary/aromatic N) is 2. The third-order valence-electron chi connectivity index (χ3n) is 5.31. The molecular weight excluding hydrogens is 347 g/mol. The molecule has 0 radical (unpaired) electrons. The maximum absolute atomic E-state index is 12.4. The summed E-state index contributed by atoms with van der Waals surface area (Å²) in [6.07, 6.45) is 2.18. The molecule has 5 nitrogen and oxygen atoms in total. The van der Waals surface area contributed by atoms with Crippen molar-refractivity contribution in [2.24, 2.45) is 0 Å². The van der Waals surface area contributed by atoms with Crippen LogP contribution in [0.1, 0.15) is 45.4 Å². The number of nitrogens with one attached hydrogen (secondary N) is 1. The van der Waals surface area contributed by atoms with Gasteiger partial charge in [-0.2, -0.15) is 13.2 Å². The average Bonchev–Trinajstić information content (AvgIpc) is 2.61. The first kappa shape index (κ1) is 21.4. The molecule has 0 spiro atoms. The molecule has 1 amide bonds. The summed E-state index contributed by atoms with van der Waals surface area (Å²) in [4.78, 5) is 16.9. The van der Waals surface area contributed by atoms with Crippen LogP contribution in [0.5, 0.6) is 0 Å². The Morgan fingerprint density at radius 2 is 1.81 bits per heavy atom. The van der Waals surface area contributed by atoms with Crippen molar-refractivity contribution in [2.75, 3.05) is 45.9 Å². The van der Waals surface area contributed by atoms with Crippen LogP contribution in [-0.4, -0.2) is 79.9 Å². The largest absolute Gasteiger partial charge is 0.411 e. The number of halogens is 3. The van der Waals surface area contributed by atoms with Gasteiger partial charge in [-0.05, 0) is 26.2 Å². The Hall–Kier alpha value is -0.860. The Kier molecular flexibility index (Phi) is 8.63. The van der Waals surface area contributed by atoms with Crippen LogP contribution in [0.4, 0.5) is 13.2 Å². The monoisotopic (exact) mass is 379 g/mol. The van der Waals surface area contributed by atoms with Crippen molar-refractivity contribution < 1.29 is 22.7 Å². The van der Waals surface area contributed by atoms with Crippen molar-refractivity contribution in [3.63, 3.8) is 0 Å². The highest BCUT2D eigenvalue weighted by Gasteiger charge is 2.28. The van der Waals surface area contributed by atoms with E-state index in [1.165, 1.54) is 19.3 Å². The Bertz CT molecular complexity index is 420. The van der Waals surface area contributed by atoms with Crippen LogP contribution < -0.4 is 5.32 Å². The van der Waals surface area contributed by atoms with Gasteiger partial charge in [-0.25, -0.2) is 0 Å². The predicted octanol–water partition coefficient (Wildman–Crippen LogP) is 2.41. The number of alkyl halides is 3. The van der Waals surface area contributed by atoms with Gasteiger partial charge in [-0.15, -0.1) is 0 Å². The molecule has 2 aliphatic rings. The molecule has 1 heterocycles. The van der Waals surface area contributed by atoms with Crippen molar-refractivity contribution in [3.8, 4) is 0 Å². The summed E-state index contributed by atoms with van der Waals surface area (Å²) in [5.41, 5.74) is 0. The highest BCUT2D eigenvalue weighted by Crippen LogP contribution is 2.18. The second-order valence-corrected chi connectivity index (χ2v) is 7.42. The van der Waals surface area contributed by atoms with Gasteiger partial charge in [-0.1, -0.05) is 19.3 Å². The van der Waals surface area contributed by atoms with E-state index < -0.39 is 12.8 Å². The maximum Gasteiger partial charge on any atom is 0.411 e. The van der Waals surface area contributed by atoms with E-state index in [0.717, 1.165) is 45.6 Å². The second kappa shape index (κ2) is 10.5. The number of amides is 1. The number of rotatable bonds is 8. The van der Waals surface area contributed by atoms with Crippen LogP contribution in [-0.2, 0) is 9.53 Å². The molecule has 8 heteroatoms. The van der Waals surface area contributed by atoms with Gasteiger partial charge < -0.3 is 15.0 Å². The molecule has 0 aromatic heterocycles. The van der Waals surface area contributed by atoms with E-state index in [1.807, 2.05) is 6.92 Å². The highest BCUT2D eigenvalue weighted by atomic mass is 19.4. The molecule has 1 saturated carbocycles. The number of ether oxygens (including phenoxy) is 1. The first-order valence-electron chi connectivity index (χ1n) is 9.76. The van der Waals surface area contributed by atoms with Gasteiger partial charge in [0, 0.05) is 45.4 Å². The third-order valence-corrected chi connectivity index (χ3v) is 5.31. The molecule has 0 aromatic rings. The minimum atomic E-state index is -4.25. The van der Waals surface area contributed by atoms with Crippen molar-refractivity contribution in [3.05, 3.63) is 0 Å². The standard InChI is InChI=1S/C18H32F3N3O2/c1-15(17(25)22-16-6-3-2-4-7-16)24-11-9-23(10-12-24)8-5-13-26-14-18(19,20)21/h15-16H,2-14H2,1H3,(H,22,25). The van der Waals surface area contributed by atoms with Crippen LogP contribution in [0.3, 0.4) is 0 Å². The van der Waals surface area contributed by atoms with E-state index in [4.69, 9.17) is 0 Å². The molecule has 1 unspecified atom stereocenters. The number of carbonyl (C=O) groups excluding carboxylic acids is 1. The van der Waals surface area contributed by atoms with Gasteiger partial charge in [-0.3, -0.25) is 9.69 Å². The normalized spacial score (nSPS) is 22.3. The minimum Gasteiger partial charge on any atom is -0.372 e. The number of hydrogen-bond donors (Lipinski definition) is 1. The third kappa shape index (κ3) is 7.80. The van der Waals surface area contributed by atoms with E-state index in [1.54, 1.807) is 0 Å². The first-order valence-corrected chi connectivity index (χ1v) is 9.76. The lowest BCUT2D eigenvalue weighted by Crippen LogP contribution is -2.55. The van der Waals surface area contributed by atoms with E-state index in [-0.39, 0.29) is 18.6 Å². The van der Waals surface area contributed by atoms with Gasteiger partial charge in [0.25, 0.3) is 0 Å². The SMILES string of the molecule is CC(C(=O)NC1CCCCC1)N1CCN(CCCOCC(F)(F)F)CC1. The van der Waals surface area contributed by atoms with Crippen molar-refractivity contribution in [1.82, 2.24) is 15.1 Å². The number of hydrogen-bond acceptors (Lipinski definition) is 4. The smallest absolute Gasteiger partial charge is 0.372 e. The summed E-state index contributed by atoms with van der Waals surface area (Å²) in [5.74, 6) is 0.117. The molecule has 2 fully saturated rings. The van der Waals surface area contributed by atoms with E-state index in [2.05, 4.69) is 19.9 Å². The predicted molar refractivity (Wildman–Crippen MR) is 94.0 cm³/mol. The van der Waals surface area contributed by atoms with Crippen LogP contribution in [0, 0.1) is 0 Å². The lowest BCUT2D eigenvalue weighted by atomic mass is 9.95. The Morgan fingerprint density at radius 3 is 2.42 bits per heavy atom. The molecule has 0 aromatic carbocycles. The van der Waals surface area contributed by atoms with Gasteiger partial charge in [0.2, 0.25) is 5.91 Å². The second-order valence-electron chi connectivity index (χ2n) is 7.42. The Balaban J connectivity index is 1.58. The molecule has 1 N–H and O–H groups in total. The molecule has 26 heavy (non-hydrogen) atoms. The lowest BCUT2D eigenvalue weighted by Gasteiger charge is -2.38. The Labute approximate surface area is 154 Å². The van der Waals surface area contributed by atoms with Gasteiger partial charge in [0.05, 0.1) is 6.04 Å². The summed E-state index contributed by atoms with van der Waals surface area (Å²) < 4.78 is 40.6. The zero-order valence-corrected chi connectivity index (χ0v) is 15.7. The van der Waals surface area contributed by atoms with Crippen LogP contribution >= 0.6 is 0 Å². The number of carbonyl (C=O) groups is 1. The van der Waals surface area contributed by atoms with E-state index in [9.17, 15) is 18.0 Å². The fraction of sp³-hybridized carbons (Fsp3) is 0.944. The topological polar surface area (TPSA) is 44.8 Å². The average molecular weight is 379 g/mol.